The van der Waals surface area contributed by atoms with Gasteiger partial charge in [-0.15, -0.1) is 0 Å². The Morgan fingerprint density at radius 1 is 1.09 bits per heavy atom. The van der Waals surface area contributed by atoms with Crippen LogP contribution in [0.25, 0.3) is 0 Å². The first-order valence-corrected chi connectivity index (χ1v) is 14.1. The molecule has 2 rings (SSSR count). The molecule has 0 aliphatic carbocycles. The highest BCUT2D eigenvalue weighted by molar-refractivity contribution is 9.10. The van der Waals surface area contributed by atoms with Crippen LogP contribution in [0.15, 0.2) is 46.9 Å². The Hall–Kier alpha value is -1.81. The zero-order valence-electron chi connectivity index (χ0n) is 19.2. The summed E-state index contributed by atoms with van der Waals surface area (Å²) in [6.07, 6.45) is 2.76. The molecule has 1 atom stereocenters. The number of rotatable bonds is 11. The molecule has 0 bridgehead atoms. The van der Waals surface area contributed by atoms with Gasteiger partial charge in [0.2, 0.25) is 21.8 Å². The lowest BCUT2D eigenvalue weighted by molar-refractivity contribution is -0.139. The number of hydrogen-bond donors (Lipinski definition) is 1. The van der Waals surface area contributed by atoms with Crippen molar-refractivity contribution in [3.05, 3.63) is 62.5 Å². The van der Waals surface area contributed by atoms with Crippen LogP contribution >= 0.6 is 39.1 Å². The van der Waals surface area contributed by atoms with Gasteiger partial charge in [0.25, 0.3) is 0 Å². The summed E-state index contributed by atoms with van der Waals surface area (Å²) in [6.45, 7) is 3.70. The average molecular weight is 593 g/mol. The molecule has 34 heavy (non-hydrogen) atoms. The molecule has 0 aliphatic heterocycles. The summed E-state index contributed by atoms with van der Waals surface area (Å²) in [5.74, 6) is -0.853. The molecule has 7 nitrogen and oxygen atoms in total. The van der Waals surface area contributed by atoms with Gasteiger partial charge in [-0.05, 0) is 55.3 Å². The van der Waals surface area contributed by atoms with Gasteiger partial charge in [-0.25, -0.2) is 8.42 Å². The number of amides is 2. The maximum atomic E-state index is 13.4. The first-order valence-electron chi connectivity index (χ1n) is 10.7. The summed E-state index contributed by atoms with van der Waals surface area (Å²) in [5, 5.41) is 3.52. The van der Waals surface area contributed by atoms with E-state index in [1.54, 1.807) is 49.4 Å². The van der Waals surface area contributed by atoms with E-state index in [0.29, 0.717) is 27.8 Å². The van der Waals surface area contributed by atoms with Crippen LogP contribution in [-0.2, 0) is 26.2 Å². The van der Waals surface area contributed by atoms with Crippen LogP contribution in [-0.4, -0.2) is 50.5 Å². The number of carbonyl (C=O) groups is 2. The molecule has 0 heterocycles. The average Bonchev–Trinajstić information content (AvgIpc) is 2.77. The number of hydrogen-bond acceptors (Lipinski definition) is 4. The molecule has 0 radical (unpaired) electrons. The molecule has 0 saturated heterocycles. The fourth-order valence-electron chi connectivity index (χ4n) is 3.17. The summed E-state index contributed by atoms with van der Waals surface area (Å²) in [5.41, 5.74) is 0.999. The van der Waals surface area contributed by atoms with E-state index in [1.165, 1.54) is 4.90 Å². The van der Waals surface area contributed by atoms with Crippen molar-refractivity contribution in [2.24, 2.45) is 0 Å². The number of anilines is 1. The van der Waals surface area contributed by atoms with E-state index in [9.17, 15) is 18.0 Å². The summed E-state index contributed by atoms with van der Waals surface area (Å²) in [4.78, 5) is 27.6. The minimum Gasteiger partial charge on any atom is -0.354 e. The lowest BCUT2D eigenvalue weighted by Crippen LogP contribution is -2.51. The van der Waals surface area contributed by atoms with Gasteiger partial charge in [0.15, 0.2) is 0 Å². The monoisotopic (exact) mass is 591 g/mol. The predicted octanol–water partition coefficient (Wildman–Crippen LogP) is 4.86. The zero-order chi connectivity index (χ0) is 25.5. The fourth-order valence-corrected chi connectivity index (χ4v) is 4.61. The van der Waals surface area contributed by atoms with Gasteiger partial charge in [0.1, 0.15) is 12.6 Å². The number of halogens is 3. The van der Waals surface area contributed by atoms with Gasteiger partial charge < -0.3 is 10.2 Å². The van der Waals surface area contributed by atoms with Gasteiger partial charge in [-0.2, -0.15) is 0 Å². The third kappa shape index (κ3) is 8.15. The largest absolute Gasteiger partial charge is 0.354 e. The summed E-state index contributed by atoms with van der Waals surface area (Å²) in [7, 11) is -3.78. The lowest BCUT2D eigenvalue weighted by atomic mass is 10.1. The topological polar surface area (TPSA) is 86.8 Å². The fraction of sp³-hybridized carbons (Fsp3) is 0.391. The van der Waals surface area contributed by atoms with Crippen molar-refractivity contribution in [2.75, 3.05) is 23.7 Å². The Balaban J connectivity index is 2.36. The van der Waals surface area contributed by atoms with Crippen LogP contribution in [0.5, 0.6) is 0 Å². The maximum absolute atomic E-state index is 13.4. The third-order valence-corrected chi connectivity index (χ3v) is 7.54. The van der Waals surface area contributed by atoms with Crippen molar-refractivity contribution in [1.29, 1.82) is 0 Å². The van der Waals surface area contributed by atoms with Crippen LogP contribution < -0.4 is 9.62 Å². The van der Waals surface area contributed by atoms with Crippen molar-refractivity contribution in [1.82, 2.24) is 10.2 Å². The first kappa shape index (κ1) is 28.4. The van der Waals surface area contributed by atoms with E-state index < -0.39 is 28.5 Å². The van der Waals surface area contributed by atoms with Gasteiger partial charge >= 0.3 is 0 Å². The van der Waals surface area contributed by atoms with E-state index in [2.05, 4.69) is 21.2 Å². The number of carbonyl (C=O) groups excluding carboxylic acids is 2. The second-order valence-electron chi connectivity index (χ2n) is 7.84. The highest BCUT2D eigenvalue weighted by Gasteiger charge is 2.30. The van der Waals surface area contributed by atoms with Gasteiger partial charge in [0, 0.05) is 17.6 Å². The van der Waals surface area contributed by atoms with Crippen molar-refractivity contribution in [3.63, 3.8) is 0 Å². The summed E-state index contributed by atoms with van der Waals surface area (Å²) in [6, 6.07) is 10.7. The zero-order valence-corrected chi connectivity index (χ0v) is 23.1. The number of nitrogens with zero attached hydrogens (tertiary/aromatic N) is 2. The quantitative estimate of drug-likeness (QED) is 0.378. The minimum absolute atomic E-state index is 0.0516. The molecule has 1 N–H and O–H groups in total. The molecular weight excluding hydrogens is 565 g/mol. The smallest absolute Gasteiger partial charge is 0.244 e. The van der Waals surface area contributed by atoms with Gasteiger partial charge in [0.05, 0.1) is 22.0 Å². The molecular formula is C23H28BrCl2N3O4S. The molecule has 11 heteroatoms. The number of benzene rings is 2. The molecule has 0 spiro atoms. The van der Waals surface area contributed by atoms with Gasteiger partial charge in [-0.1, -0.05) is 58.5 Å². The van der Waals surface area contributed by atoms with Crippen LogP contribution in [0.1, 0.15) is 32.3 Å². The third-order valence-electron chi connectivity index (χ3n) is 5.13. The Morgan fingerprint density at radius 2 is 1.74 bits per heavy atom. The van der Waals surface area contributed by atoms with Crippen molar-refractivity contribution in [3.8, 4) is 0 Å². The predicted molar refractivity (Wildman–Crippen MR) is 141 cm³/mol. The molecule has 2 amide bonds. The van der Waals surface area contributed by atoms with Crippen molar-refractivity contribution in [2.45, 2.75) is 39.3 Å². The second kappa shape index (κ2) is 12.8. The van der Waals surface area contributed by atoms with Crippen LogP contribution in [0.3, 0.4) is 0 Å². The molecule has 0 unspecified atom stereocenters. The van der Waals surface area contributed by atoms with Crippen LogP contribution in [0.4, 0.5) is 5.69 Å². The summed E-state index contributed by atoms with van der Waals surface area (Å²) >= 11 is 15.5. The first-order chi connectivity index (χ1) is 15.9. The molecule has 0 fully saturated rings. The Kier molecular flexibility index (Phi) is 10.7. The number of nitrogens with one attached hydrogen (secondary N) is 1. The number of unbranched alkanes of at least 4 members (excludes halogenated alkanes) is 1. The molecule has 2 aromatic rings. The highest BCUT2D eigenvalue weighted by Crippen LogP contribution is 2.25. The molecule has 186 valence electrons. The number of sulfonamides is 1. The Bertz CT molecular complexity index is 1110. The van der Waals surface area contributed by atoms with Crippen molar-refractivity contribution >= 4 is 66.7 Å². The standard InChI is InChI=1S/C23H28BrCl2N3O4S/c1-4-5-12-27-23(31)16(2)28(14-17-6-11-20(25)21(26)13-17)22(30)15-29(34(3,32)33)19-9-7-18(24)8-10-19/h6-11,13,16H,4-5,12,14-15H2,1-3H3,(H,27,31)/t16-/m0/s1. The van der Waals surface area contributed by atoms with Crippen molar-refractivity contribution < 1.29 is 18.0 Å². The minimum atomic E-state index is -3.78. The molecule has 0 saturated carbocycles. The molecule has 2 aromatic carbocycles. The van der Waals surface area contributed by atoms with E-state index >= 15 is 0 Å². The molecule has 0 aromatic heterocycles. The van der Waals surface area contributed by atoms with Crippen LogP contribution in [0, 0.1) is 0 Å². The van der Waals surface area contributed by atoms with E-state index in [-0.39, 0.29) is 12.5 Å². The molecule has 0 aliphatic rings. The SMILES string of the molecule is CCCCNC(=O)[C@H](C)N(Cc1ccc(Cl)c(Cl)c1)C(=O)CN(c1ccc(Br)cc1)S(C)(=O)=O. The Labute approximate surface area is 219 Å². The normalized spacial score (nSPS) is 12.2. The Morgan fingerprint density at radius 3 is 2.29 bits per heavy atom. The maximum Gasteiger partial charge on any atom is 0.244 e. The van der Waals surface area contributed by atoms with Crippen LogP contribution in [0.2, 0.25) is 10.0 Å². The lowest BCUT2D eigenvalue weighted by Gasteiger charge is -2.31. The highest BCUT2D eigenvalue weighted by atomic mass is 79.9. The van der Waals surface area contributed by atoms with E-state index in [0.717, 1.165) is 27.9 Å². The van der Waals surface area contributed by atoms with E-state index in [4.69, 9.17) is 23.2 Å². The van der Waals surface area contributed by atoms with Gasteiger partial charge in [-0.3, -0.25) is 13.9 Å². The second-order valence-corrected chi connectivity index (χ2v) is 11.5. The summed E-state index contributed by atoms with van der Waals surface area (Å²) < 4.78 is 26.8. The van der Waals surface area contributed by atoms with E-state index in [1.807, 2.05) is 6.92 Å².